The van der Waals surface area contributed by atoms with E-state index >= 15 is 0 Å². The lowest BCUT2D eigenvalue weighted by Crippen LogP contribution is -2.10. The zero-order chi connectivity index (χ0) is 15.4. The van der Waals surface area contributed by atoms with Crippen LogP contribution in [-0.2, 0) is 6.61 Å². The fourth-order valence-electron chi connectivity index (χ4n) is 1.79. The number of hydrogen-bond acceptors (Lipinski definition) is 3. The van der Waals surface area contributed by atoms with Crippen LogP contribution in [0.3, 0.4) is 0 Å². The van der Waals surface area contributed by atoms with Crippen molar-refractivity contribution in [3.8, 4) is 11.5 Å². The zero-order valence-corrected chi connectivity index (χ0v) is 14.4. The molecule has 2 aromatic carbocycles. The maximum Gasteiger partial charge on any atom is 0.134 e. The number of rotatable bonds is 5. The first-order valence-corrected chi connectivity index (χ1v) is 7.63. The second-order valence-corrected chi connectivity index (χ2v) is 5.98. The number of methoxy groups -OCH3 is 1. The van der Waals surface area contributed by atoms with Crippen molar-refractivity contribution in [3.63, 3.8) is 0 Å². The van der Waals surface area contributed by atoms with Crippen molar-refractivity contribution in [2.45, 2.75) is 6.61 Å². The average molecular weight is 387 g/mol. The van der Waals surface area contributed by atoms with E-state index in [0.29, 0.717) is 22.4 Å². The third-order valence-electron chi connectivity index (χ3n) is 2.84. The second kappa shape index (κ2) is 7.11. The molecule has 0 fully saturated rings. The van der Waals surface area contributed by atoms with Crippen molar-refractivity contribution in [1.29, 1.82) is 0 Å². The molecule has 0 amide bonds. The van der Waals surface area contributed by atoms with Gasteiger partial charge in [-0.1, -0.05) is 23.8 Å². The summed E-state index contributed by atoms with van der Waals surface area (Å²) in [5.74, 6) is 1.42. The van der Waals surface area contributed by atoms with Crippen molar-refractivity contribution >= 4 is 44.7 Å². The Balaban J connectivity index is 2.22. The minimum atomic E-state index is 0.333. The maximum absolute atomic E-state index is 5.90. The molecule has 21 heavy (non-hydrogen) atoms. The van der Waals surface area contributed by atoms with Gasteiger partial charge in [0, 0.05) is 16.1 Å². The average Bonchev–Trinajstić information content (AvgIpc) is 2.46. The number of hydrogen-bond donors (Lipinski definition) is 1. The SMILES string of the molecule is COc1ccc(C(N)=S)cc1COc1ccc(Cl)cc1Br. The number of nitrogens with two attached hydrogens (primary N) is 1. The van der Waals surface area contributed by atoms with Crippen LogP contribution >= 0.6 is 39.7 Å². The molecule has 3 nitrogen and oxygen atoms in total. The lowest BCUT2D eigenvalue weighted by atomic mass is 10.1. The van der Waals surface area contributed by atoms with Crippen LogP contribution in [0.2, 0.25) is 5.02 Å². The highest BCUT2D eigenvalue weighted by molar-refractivity contribution is 9.10. The van der Waals surface area contributed by atoms with Crippen LogP contribution < -0.4 is 15.2 Å². The summed E-state index contributed by atoms with van der Waals surface area (Å²) in [5.41, 5.74) is 7.29. The molecule has 0 radical (unpaired) electrons. The van der Waals surface area contributed by atoms with Gasteiger partial charge in [-0.3, -0.25) is 0 Å². The summed E-state index contributed by atoms with van der Waals surface area (Å²) >= 11 is 14.3. The maximum atomic E-state index is 5.90. The van der Waals surface area contributed by atoms with Gasteiger partial charge in [-0.15, -0.1) is 0 Å². The first-order valence-electron chi connectivity index (χ1n) is 6.06. The summed E-state index contributed by atoms with van der Waals surface area (Å²) in [6.07, 6.45) is 0. The highest BCUT2D eigenvalue weighted by atomic mass is 79.9. The van der Waals surface area contributed by atoms with E-state index in [0.717, 1.165) is 21.3 Å². The van der Waals surface area contributed by atoms with Crippen LogP contribution in [0.25, 0.3) is 0 Å². The summed E-state index contributed by atoms with van der Waals surface area (Å²) < 4.78 is 11.9. The van der Waals surface area contributed by atoms with Crippen LogP contribution in [0, 0.1) is 0 Å². The minimum absolute atomic E-state index is 0.333. The monoisotopic (exact) mass is 385 g/mol. The van der Waals surface area contributed by atoms with Gasteiger partial charge in [0.25, 0.3) is 0 Å². The van der Waals surface area contributed by atoms with E-state index in [1.54, 1.807) is 25.3 Å². The molecule has 0 unspecified atom stereocenters. The van der Waals surface area contributed by atoms with Gasteiger partial charge < -0.3 is 15.2 Å². The third kappa shape index (κ3) is 4.09. The van der Waals surface area contributed by atoms with E-state index in [1.807, 2.05) is 18.2 Å². The number of ether oxygens (including phenoxy) is 2. The Morgan fingerprint density at radius 1 is 1.24 bits per heavy atom. The molecule has 2 N–H and O–H groups in total. The van der Waals surface area contributed by atoms with Crippen LogP contribution in [0.5, 0.6) is 11.5 Å². The van der Waals surface area contributed by atoms with Gasteiger partial charge >= 0.3 is 0 Å². The summed E-state index contributed by atoms with van der Waals surface area (Å²) in [7, 11) is 1.61. The van der Waals surface area contributed by atoms with Crippen LogP contribution in [-0.4, -0.2) is 12.1 Å². The molecular formula is C15H13BrClNO2S. The Labute approximate surface area is 142 Å². The standard InChI is InChI=1S/C15H13BrClNO2S/c1-19-13-4-2-9(15(18)21)6-10(13)8-20-14-5-3-11(17)7-12(14)16/h2-7H,8H2,1H3,(H2,18,21). The first-order chi connectivity index (χ1) is 10.0. The quantitative estimate of drug-likeness (QED) is 0.777. The van der Waals surface area contributed by atoms with Crippen molar-refractivity contribution < 1.29 is 9.47 Å². The van der Waals surface area contributed by atoms with Crippen molar-refractivity contribution in [2.24, 2.45) is 5.73 Å². The Kier molecular flexibility index (Phi) is 5.45. The molecule has 2 aromatic rings. The fraction of sp³-hybridized carbons (Fsp3) is 0.133. The topological polar surface area (TPSA) is 44.5 Å². The van der Waals surface area contributed by atoms with Gasteiger partial charge in [-0.2, -0.15) is 0 Å². The van der Waals surface area contributed by atoms with E-state index in [-0.39, 0.29) is 0 Å². The first kappa shape index (κ1) is 16.1. The summed E-state index contributed by atoms with van der Waals surface area (Å²) in [5, 5.41) is 0.641. The summed E-state index contributed by atoms with van der Waals surface area (Å²) in [6, 6.07) is 10.9. The van der Waals surface area contributed by atoms with Gasteiger partial charge in [0.05, 0.1) is 11.6 Å². The van der Waals surface area contributed by atoms with E-state index in [9.17, 15) is 0 Å². The Morgan fingerprint density at radius 2 is 1.95 bits per heavy atom. The lowest BCUT2D eigenvalue weighted by molar-refractivity contribution is 0.295. The molecule has 0 heterocycles. The van der Waals surface area contributed by atoms with Crippen molar-refractivity contribution in [1.82, 2.24) is 0 Å². The fourth-order valence-corrected chi connectivity index (χ4v) is 2.72. The molecule has 0 aliphatic heterocycles. The Morgan fingerprint density at radius 3 is 2.57 bits per heavy atom. The molecular weight excluding hydrogens is 374 g/mol. The van der Waals surface area contributed by atoms with Gasteiger partial charge in [0.1, 0.15) is 23.1 Å². The minimum Gasteiger partial charge on any atom is -0.496 e. The van der Waals surface area contributed by atoms with Crippen LogP contribution in [0.1, 0.15) is 11.1 Å². The predicted octanol–water partition coefficient (Wildman–Crippen LogP) is 4.32. The molecule has 6 heteroatoms. The van der Waals surface area contributed by atoms with E-state index < -0.39 is 0 Å². The Hall–Kier alpha value is -1.30. The molecule has 2 rings (SSSR count). The largest absolute Gasteiger partial charge is 0.496 e. The summed E-state index contributed by atoms with van der Waals surface area (Å²) in [6.45, 7) is 0.333. The lowest BCUT2D eigenvalue weighted by Gasteiger charge is -2.13. The van der Waals surface area contributed by atoms with E-state index in [4.69, 9.17) is 39.0 Å². The highest BCUT2D eigenvalue weighted by Crippen LogP contribution is 2.30. The molecule has 0 bridgehead atoms. The molecule has 0 atom stereocenters. The number of benzene rings is 2. The molecule has 0 saturated heterocycles. The molecule has 110 valence electrons. The van der Waals surface area contributed by atoms with Gasteiger partial charge in [0.2, 0.25) is 0 Å². The summed E-state index contributed by atoms with van der Waals surface area (Å²) in [4.78, 5) is 0.339. The van der Waals surface area contributed by atoms with Crippen LogP contribution in [0.4, 0.5) is 0 Å². The predicted molar refractivity (Wildman–Crippen MR) is 92.4 cm³/mol. The van der Waals surface area contributed by atoms with Gasteiger partial charge in [-0.25, -0.2) is 0 Å². The van der Waals surface area contributed by atoms with Crippen molar-refractivity contribution in [2.75, 3.05) is 7.11 Å². The van der Waals surface area contributed by atoms with E-state index in [2.05, 4.69) is 15.9 Å². The molecule has 0 saturated carbocycles. The molecule has 0 aliphatic rings. The Bertz CT molecular complexity index is 679. The number of halogens is 2. The smallest absolute Gasteiger partial charge is 0.134 e. The molecule has 0 aromatic heterocycles. The third-order valence-corrected chi connectivity index (χ3v) is 3.93. The molecule has 0 aliphatic carbocycles. The normalized spacial score (nSPS) is 10.2. The van der Waals surface area contributed by atoms with Gasteiger partial charge in [0.15, 0.2) is 0 Å². The zero-order valence-electron chi connectivity index (χ0n) is 11.2. The van der Waals surface area contributed by atoms with Crippen molar-refractivity contribution in [3.05, 3.63) is 57.0 Å². The number of thiocarbonyl (C=S) groups is 1. The second-order valence-electron chi connectivity index (χ2n) is 4.25. The van der Waals surface area contributed by atoms with E-state index in [1.165, 1.54) is 0 Å². The van der Waals surface area contributed by atoms with Crippen LogP contribution in [0.15, 0.2) is 40.9 Å². The van der Waals surface area contributed by atoms with Gasteiger partial charge in [-0.05, 0) is 52.3 Å². The molecule has 0 spiro atoms. The highest BCUT2D eigenvalue weighted by Gasteiger charge is 2.08.